The molecular weight excluding hydrogens is 309 g/mol. The SMILES string of the molecule is Cc1ccc(S(=O)(=O)C(NC(=O)O)c2ccc(F)cc2)cc1. The van der Waals surface area contributed by atoms with Crippen LogP contribution in [0.4, 0.5) is 9.18 Å². The van der Waals surface area contributed by atoms with E-state index in [9.17, 15) is 17.6 Å². The molecule has 0 spiro atoms. The van der Waals surface area contributed by atoms with E-state index in [1.165, 1.54) is 24.3 Å². The van der Waals surface area contributed by atoms with Gasteiger partial charge in [0.25, 0.3) is 0 Å². The van der Waals surface area contributed by atoms with Gasteiger partial charge < -0.3 is 10.4 Å². The van der Waals surface area contributed by atoms with Gasteiger partial charge in [-0.3, -0.25) is 0 Å². The molecule has 0 saturated heterocycles. The molecule has 5 nitrogen and oxygen atoms in total. The summed E-state index contributed by atoms with van der Waals surface area (Å²) in [5, 5.41) is 9.37. The highest BCUT2D eigenvalue weighted by Gasteiger charge is 2.30. The Kier molecular flexibility index (Phi) is 4.46. The normalized spacial score (nSPS) is 12.6. The predicted octanol–water partition coefficient (Wildman–Crippen LogP) is 2.87. The van der Waals surface area contributed by atoms with Crippen molar-refractivity contribution in [3.63, 3.8) is 0 Å². The molecule has 0 aromatic heterocycles. The second-order valence-electron chi connectivity index (χ2n) is 4.74. The molecule has 0 aliphatic heterocycles. The predicted molar refractivity (Wildman–Crippen MR) is 78.7 cm³/mol. The highest BCUT2D eigenvalue weighted by atomic mass is 32.2. The molecule has 0 heterocycles. The van der Waals surface area contributed by atoms with Crippen molar-refractivity contribution in [2.45, 2.75) is 17.2 Å². The van der Waals surface area contributed by atoms with E-state index in [4.69, 9.17) is 5.11 Å². The van der Waals surface area contributed by atoms with Crippen molar-refractivity contribution < 1.29 is 22.7 Å². The fourth-order valence-electron chi connectivity index (χ4n) is 1.95. The standard InChI is InChI=1S/C15H14FNO4S/c1-10-2-8-13(9-3-10)22(20,21)14(17-15(18)19)11-4-6-12(16)7-5-11/h2-9,14,17H,1H3,(H,18,19). The molecule has 2 aromatic carbocycles. The van der Waals surface area contributed by atoms with Gasteiger partial charge in [0.15, 0.2) is 5.37 Å². The van der Waals surface area contributed by atoms with Crippen LogP contribution in [0.1, 0.15) is 16.5 Å². The number of sulfone groups is 1. The Morgan fingerprint density at radius 3 is 2.14 bits per heavy atom. The number of halogens is 1. The zero-order valence-electron chi connectivity index (χ0n) is 11.7. The molecule has 22 heavy (non-hydrogen) atoms. The van der Waals surface area contributed by atoms with E-state index < -0.39 is 27.1 Å². The van der Waals surface area contributed by atoms with Gasteiger partial charge in [-0.25, -0.2) is 17.6 Å². The first-order chi connectivity index (χ1) is 10.3. The van der Waals surface area contributed by atoms with Crippen molar-refractivity contribution in [3.05, 3.63) is 65.5 Å². The summed E-state index contributed by atoms with van der Waals surface area (Å²) in [6, 6.07) is 10.7. The Hall–Kier alpha value is -2.41. The minimum absolute atomic E-state index is 0.0128. The molecule has 0 saturated carbocycles. The van der Waals surface area contributed by atoms with Gasteiger partial charge in [0, 0.05) is 0 Å². The Morgan fingerprint density at radius 2 is 1.64 bits per heavy atom. The lowest BCUT2D eigenvalue weighted by molar-refractivity contribution is 0.193. The Balaban J connectivity index is 2.50. The van der Waals surface area contributed by atoms with Crippen molar-refractivity contribution in [1.29, 1.82) is 0 Å². The smallest absolute Gasteiger partial charge is 0.405 e. The van der Waals surface area contributed by atoms with E-state index in [1.807, 2.05) is 12.2 Å². The lowest BCUT2D eigenvalue weighted by Gasteiger charge is -2.18. The number of amides is 1. The van der Waals surface area contributed by atoms with E-state index in [1.54, 1.807) is 12.1 Å². The fraction of sp³-hybridized carbons (Fsp3) is 0.133. The zero-order chi connectivity index (χ0) is 16.3. The van der Waals surface area contributed by atoms with Gasteiger partial charge >= 0.3 is 6.09 Å². The average Bonchev–Trinajstić information content (AvgIpc) is 2.46. The minimum atomic E-state index is -3.99. The molecule has 7 heteroatoms. The van der Waals surface area contributed by atoms with Gasteiger partial charge in [-0.2, -0.15) is 0 Å². The maximum atomic E-state index is 13.0. The monoisotopic (exact) mass is 323 g/mol. The Labute approximate surface area is 127 Å². The number of benzene rings is 2. The summed E-state index contributed by atoms with van der Waals surface area (Å²) >= 11 is 0. The number of hydrogen-bond acceptors (Lipinski definition) is 3. The third-order valence-corrected chi connectivity index (χ3v) is 5.03. The maximum Gasteiger partial charge on any atom is 0.405 e. The van der Waals surface area contributed by atoms with Crippen LogP contribution in [0.25, 0.3) is 0 Å². The summed E-state index contributed by atoms with van der Waals surface area (Å²) in [4.78, 5) is 10.9. The summed E-state index contributed by atoms with van der Waals surface area (Å²) in [5.41, 5.74) is 1.02. The van der Waals surface area contributed by atoms with Crippen LogP contribution in [0.3, 0.4) is 0 Å². The van der Waals surface area contributed by atoms with Crippen LogP contribution in [-0.4, -0.2) is 19.6 Å². The number of rotatable bonds is 4. The van der Waals surface area contributed by atoms with E-state index in [0.717, 1.165) is 17.7 Å². The van der Waals surface area contributed by atoms with Gasteiger partial charge in [0.2, 0.25) is 9.84 Å². The Morgan fingerprint density at radius 1 is 1.09 bits per heavy atom. The quantitative estimate of drug-likeness (QED) is 0.906. The molecule has 0 fully saturated rings. The molecular formula is C15H14FNO4S. The van der Waals surface area contributed by atoms with Crippen molar-refractivity contribution in [1.82, 2.24) is 5.32 Å². The topological polar surface area (TPSA) is 83.5 Å². The highest BCUT2D eigenvalue weighted by molar-refractivity contribution is 7.91. The van der Waals surface area contributed by atoms with Gasteiger partial charge in [-0.05, 0) is 36.8 Å². The van der Waals surface area contributed by atoms with E-state index in [2.05, 4.69) is 0 Å². The number of hydrogen-bond donors (Lipinski definition) is 2. The lowest BCUT2D eigenvalue weighted by atomic mass is 10.2. The highest BCUT2D eigenvalue weighted by Crippen LogP contribution is 2.27. The molecule has 0 radical (unpaired) electrons. The number of carbonyl (C=O) groups is 1. The molecule has 2 N–H and O–H groups in total. The fourth-order valence-corrected chi connectivity index (χ4v) is 3.51. The molecule has 0 aliphatic rings. The van der Waals surface area contributed by atoms with E-state index >= 15 is 0 Å². The minimum Gasteiger partial charge on any atom is -0.465 e. The largest absolute Gasteiger partial charge is 0.465 e. The third-order valence-electron chi connectivity index (χ3n) is 3.09. The molecule has 0 aliphatic carbocycles. The summed E-state index contributed by atoms with van der Waals surface area (Å²) in [6.07, 6.45) is -1.48. The third kappa shape index (κ3) is 3.43. The molecule has 1 unspecified atom stereocenters. The summed E-state index contributed by atoms with van der Waals surface area (Å²) in [7, 11) is -3.99. The summed E-state index contributed by atoms with van der Waals surface area (Å²) in [5.74, 6) is -0.537. The average molecular weight is 323 g/mol. The number of aryl methyl sites for hydroxylation is 1. The van der Waals surface area contributed by atoms with Crippen LogP contribution in [-0.2, 0) is 9.84 Å². The first-order valence-electron chi connectivity index (χ1n) is 6.36. The van der Waals surface area contributed by atoms with Gasteiger partial charge in [-0.15, -0.1) is 0 Å². The summed E-state index contributed by atoms with van der Waals surface area (Å²) < 4.78 is 38.3. The van der Waals surface area contributed by atoms with Gasteiger partial charge in [-0.1, -0.05) is 29.8 Å². The van der Waals surface area contributed by atoms with Crippen LogP contribution >= 0.6 is 0 Å². The zero-order valence-corrected chi connectivity index (χ0v) is 12.5. The summed E-state index contributed by atoms with van der Waals surface area (Å²) in [6.45, 7) is 1.81. The molecule has 0 bridgehead atoms. The van der Waals surface area contributed by atoms with Crippen molar-refractivity contribution >= 4 is 15.9 Å². The van der Waals surface area contributed by atoms with Crippen LogP contribution in [0.5, 0.6) is 0 Å². The second-order valence-corrected chi connectivity index (χ2v) is 6.77. The first kappa shape index (κ1) is 16.0. The second kappa shape index (κ2) is 6.15. The lowest BCUT2D eigenvalue weighted by Crippen LogP contribution is -2.32. The van der Waals surface area contributed by atoms with Gasteiger partial charge in [0.1, 0.15) is 5.82 Å². The van der Waals surface area contributed by atoms with Crippen molar-refractivity contribution in [2.75, 3.05) is 0 Å². The van der Waals surface area contributed by atoms with Crippen LogP contribution < -0.4 is 5.32 Å². The van der Waals surface area contributed by atoms with Crippen LogP contribution in [0, 0.1) is 12.7 Å². The molecule has 1 amide bonds. The molecule has 2 rings (SSSR count). The van der Waals surface area contributed by atoms with Crippen molar-refractivity contribution in [2.24, 2.45) is 0 Å². The van der Waals surface area contributed by atoms with E-state index in [0.29, 0.717) is 0 Å². The molecule has 116 valence electrons. The first-order valence-corrected chi connectivity index (χ1v) is 7.91. The maximum absolute atomic E-state index is 13.0. The van der Waals surface area contributed by atoms with Crippen molar-refractivity contribution in [3.8, 4) is 0 Å². The molecule has 1 atom stereocenters. The van der Waals surface area contributed by atoms with Crippen LogP contribution in [0.15, 0.2) is 53.4 Å². The van der Waals surface area contributed by atoms with Gasteiger partial charge in [0.05, 0.1) is 4.90 Å². The van der Waals surface area contributed by atoms with Crippen LogP contribution in [0.2, 0.25) is 0 Å². The Bertz CT molecular complexity index is 770. The number of carboxylic acid groups (broad SMARTS) is 1. The molecule has 2 aromatic rings. The number of nitrogens with one attached hydrogen (secondary N) is 1. The van der Waals surface area contributed by atoms with E-state index in [-0.39, 0.29) is 10.5 Å².